The third-order valence-corrected chi connectivity index (χ3v) is 5.46. The average Bonchev–Trinajstić information content (AvgIpc) is 2.65. The van der Waals surface area contributed by atoms with Crippen LogP contribution in [0.1, 0.15) is 61.8 Å². The van der Waals surface area contributed by atoms with Gasteiger partial charge in [0.15, 0.2) is 0 Å². The Morgan fingerprint density at radius 2 is 1.61 bits per heavy atom. The van der Waals surface area contributed by atoms with Gasteiger partial charge in [-0.15, -0.1) is 0 Å². The molecule has 0 atom stereocenters. The number of aryl methyl sites for hydroxylation is 1. The maximum Gasteiger partial charge on any atom is 0.421 e. The first kappa shape index (κ1) is 24.7. The smallest absolute Gasteiger partial charge is 0.421 e. The maximum absolute atomic E-state index is 13.4. The van der Waals surface area contributed by atoms with Crippen LogP contribution in [0.25, 0.3) is 0 Å². The molecular weight excluding hydrogens is 452 g/mol. The molecule has 10 heteroatoms. The molecule has 0 radical (unpaired) electrons. The van der Waals surface area contributed by atoms with Crippen LogP contribution in [0.5, 0.6) is 11.6 Å². The highest BCUT2D eigenvalue weighted by molar-refractivity contribution is 6.10. The molecule has 4 nitrogen and oxygen atoms in total. The Labute approximate surface area is 186 Å². The molecule has 0 unspecified atom stereocenters. The number of carbonyl (C=O) groups is 2. The summed E-state index contributed by atoms with van der Waals surface area (Å²) in [6.07, 6.45) is -9.15. The first-order chi connectivity index (χ1) is 15.1. The van der Waals surface area contributed by atoms with E-state index in [4.69, 9.17) is 4.74 Å². The van der Waals surface area contributed by atoms with Crippen LogP contribution in [0.15, 0.2) is 30.5 Å². The van der Waals surface area contributed by atoms with Crippen LogP contribution in [-0.2, 0) is 28.4 Å². The first-order valence-corrected chi connectivity index (χ1v) is 10.1. The van der Waals surface area contributed by atoms with Crippen molar-refractivity contribution in [1.29, 1.82) is 0 Å². The van der Waals surface area contributed by atoms with Gasteiger partial charge >= 0.3 is 12.4 Å². The monoisotopic (exact) mass is 473 g/mol. The molecule has 0 saturated heterocycles. The van der Waals surface area contributed by atoms with Gasteiger partial charge in [-0.05, 0) is 41.2 Å². The predicted molar refractivity (Wildman–Crippen MR) is 106 cm³/mol. The molecule has 3 rings (SSSR count). The minimum atomic E-state index is -5.16. The Hall–Kier alpha value is -2.91. The molecule has 0 amide bonds. The van der Waals surface area contributed by atoms with Gasteiger partial charge in [0, 0.05) is 19.0 Å². The summed E-state index contributed by atoms with van der Waals surface area (Å²) in [7, 11) is 0. The van der Waals surface area contributed by atoms with E-state index in [9.17, 15) is 35.9 Å². The first-order valence-electron chi connectivity index (χ1n) is 10.1. The fourth-order valence-corrected chi connectivity index (χ4v) is 3.97. The Bertz CT molecular complexity index is 1070. The zero-order chi connectivity index (χ0) is 24.8. The van der Waals surface area contributed by atoms with Gasteiger partial charge in [-0.25, -0.2) is 4.98 Å². The van der Waals surface area contributed by atoms with Gasteiger partial charge < -0.3 is 4.74 Å². The van der Waals surface area contributed by atoms with Crippen molar-refractivity contribution in [2.75, 3.05) is 0 Å². The number of ether oxygens (including phenoxy) is 1. The molecule has 1 aromatic heterocycles. The van der Waals surface area contributed by atoms with Gasteiger partial charge in [0.25, 0.3) is 0 Å². The number of carbonyl (C=O) groups excluding carboxylic acids is 2. The zero-order valence-corrected chi connectivity index (χ0v) is 18.0. The van der Waals surface area contributed by atoms with E-state index in [2.05, 4.69) is 4.98 Å². The van der Waals surface area contributed by atoms with Crippen LogP contribution in [0.4, 0.5) is 26.3 Å². The molecular formula is C23H21F6NO3. The van der Waals surface area contributed by atoms with Gasteiger partial charge in [0.05, 0.1) is 5.56 Å². The van der Waals surface area contributed by atoms with Crippen LogP contribution in [0.3, 0.4) is 0 Å². The van der Waals surface area contributed by atoms with Crippen LogP contribution in [0.2, 0.25) is 0 Å². The molecule has 1 heterocycles. The second-order valence-corrected chi connectivity index (χ2v) is 8.77. The van der Waals surface area contributed by atoms with E-state index >= 15 is 0 Å². The van der Waals surface area contributed by atoms with Crippen LogP contribution in [-0.4, -0.2) is 16.6 Å². The quantitative estimate of drug-likeness (QED) is 0.375. The van der Waals surface area contributed by atoms with Crippen LogP contribution >= 0.6 is 0 Å². The van der Waals surface area contributed by atoms with Crippen LogP contribution in [0, 0.1) is 5.41 Å². The average molecular weight is 473 g/mol. The topological polar surface area (TPSA) is 56.3 Å². The molecule has 1 aliphatic rings. The van der Waals surface area contributed by atoms with E-state index in [0.29, 0.717) is 17.5 Å². The second kappa shape index (κ2) is 8.46. The molecule has 0 spiro atoms. The van der Waals surface area contributed by atoms with Crippen molar-refractivity contribution in [1.82, 2.24) is 4.98 Å². The predicted octanol–water partition coefficient (Wildman–Crippen LogP) is 6.52. The fraction of sp³-hybridized carbons (Fsp3) is 0.435. The number of benzene rings is 1. The Balaban J connectivity index is 2.03. The number of hydrogen-bond donors (Lipinski definition) is 0. The van der Waals surface area contributed by atoms with Gasteiger partial charge in [0.1, 0.15) is 28.8 Å². The SMILES string of the molecule is CCc1ccc(Oc2ncc(C(F)(F)F)cc2C(F)(F)F)cc1C1C(=O)CC(C)(C)CC1=O. The summed E-state index contributed by atoms with van der Waals surface area (Å²) >= 11 is 0. The number of aromatic nitrogens is 1. The molecule has 0 N–H and O–H groups in total. The minimum Gasteiger partial charge on any atom is -0.438 e. The number of pyridine rings is 1. The van der Waals surface area contributed by atoms with Gasteiger partial charge in [0.2, 0.25) is 5.88 Å². The van der Waals surface area contributed by atoms with Crippen molar-refractivity contribution < 1.29 is 40.7 Å². The largest absolute Gasteiger partial charge is 0.438 e. The third kappa shape index (κ3) is 5.36. The van der Waals surface area contributed by atoms with E-state index in [1.165, 1.54) is 18.2 Å². The molecule has 2 aromatic rings. The summed E-state index contributed by atoms with van der Waals surface area (Å²) in [6.45, 7) is 5.39. The molecule has 0 bridgehead atoms. The summed E-state index contributed by atoms with van der Waals surface area (Å²) in [5.74, 6) is -2.91. The maximum atomic E-state index is 13.4. The fourth-order valence-electron chi connectivity index (χ4n) is 3.97. The zero-order valence-electron chi connectivity index (χ0n) is 18.0. The Kier molecular flexibility index (Phi) is 6.34. The number of rotatable bonds is 4. The lowest BCUT2D eigenvalue weighted by molar-refractivity contribution is -0.144. The van der Waals surface area contributed by atoms with Crippen molar-refractivity contribution in [2.45, 2.75) is 58.3 Å². The van der Waals surface area contributed by atoms with Gasteiger partial charge in [-0.1, -0.05) is 26.8 Å². The Morgan fingerprint density at radius 3 is 2.12 bits per heavy atom. The summed E-state index contributed by atoms with van der Waals surface area (Å²) in [6, 6.07) is 4.06. The highest BCUT2D eigenvalue weighted by atomic mass is 19.4. The molecule has 1 aliphatic carbocycles. The number of ketones is 2. The van der Waals surface area contributed by atoms with E-state index < -0.39 is 40.7 Å². The lowest BCUT2D eigenvalue weighted by Gasteiger charge is -2.33. The van der Waals surface area contributed by atoms with Crippen molar-refractivity contribution in [3.8, 4) is 11.6 Å². The molecule has 33 heavy (non-hydrogen) atoms. The normalized spacial score (nSPS) is 17.4. The van der Waals surface area contributed by atoms with Crippen molar-refractivity contribution in [3.05, 3.63) is 52.7 Å². The summed E-state index contributed by atoms with van der Waals surface area (Å²) in [5.41, 5.74) is -2.78. The van der Waals surface area contributed by atoms with E-state index in [1.54, 1.807) is 20.8 Å². The molecule has 0 aliphatic heterocycles. The number of Topliss-reactive ketones (excluding diaryl/α,β-unsaturated/α-hetero) is 2. The lowest BCUT2D eigenvalue weighted by Crippen LogP contribution is -2.36. The molecule has 1 fully saturated rings. The number of alkyl halides is 6. The summed E-state index contributed by atoms with van der Waals surface area (Å²) in [5, 5.41) is 0. The second-order valence-electron chi connectivity index (χ2n) is 8.77. The number of hydrogen-bond acceptors (Lipinski definition) is 4. The highest BCUT2D eigenvalue weighted by Gasteiger charge is 2.42. The van der Waals surface area contributed by atoms with Gasteiger partial charge in [-0.2, -0.15) is 26.3 Å². The van der Waals surface area contributed by atoms with Crippen LogP contribution < -0.4 is 4.74 Å². The van der Waals surface area contributed by atoms with Crippen molar-refractivity contribution in [2.24, 2.45) is 5.41 Å². The number of nitrogens with zero attached hydrogens (tertiary/aromatic N) is 1. The minimum absolute atomic E-state index is 0.0695. The van der Waals surface area contributed by atoms with E-state index in [-0.39, 0.29) is 42.4 Å². The highest BCUT2D eigenvalue weighted by Crippen LogP contribution is 2.42. The van der Waals surface area contributed by atoms with Crippen molar-refractivity contribution >= 4 is 11.6 Å². The molecule has 1 aromatic carbocycles. The van der Waals surface area contributed by atoms with E-state index in [1.807, 2.05) is 0 Å². The van der Waals surface area contributed by atoms with E-state index in [0.717, 1.165) is 0 Å². The third-order valence-electron chi connectivity index (χ3n) is 5.46. The molecule has 178 valence electrons. The lowest BCUT2D eigenvalue weighted by atomic mass is 9.69. The summed E-state index contributed by atoms with van der Waals surface area (Å²) in [4.78, 5) is 28.7. The standard InChI is InChI=1S/C23H21F6NO3/c1-4-12-5-6-14(8-15(12)19-17(31)9-21(2,3)10-18(19)32)33-20-16(23(27,28)29)7-13(11-30-20)22(24,25)26/h5-8,11,19H,4,9-10H2,1-3H3. The molecule has 1 saturated carbocycles. The summed E-state index contributed by atoms with van der Waals surface area (Å²) < 4.78 is 84.1. The van der Waals surface area contributed by atoms with Gasteiger partial charge in [-0.3, -0.25) is 9.59 Å². The van der Waals surface area contributed by atoms with Crippen molar-refractivity contribution in [3.63, 3.8) is 0 Å². The number of halogens is 6. The Morgan fingerprint density at radius 1 is 1.00 bits per heavy atom.